The largest absolute Gasteiger partial charge is 0.465 e. The lowest BCUT2D eigenvalue weighted by molar-refractivity contribution is -0.117. The van der Waals surface area contributed by atoms with E-state index in [1.165, 1.54) is 23.1 Å². The number of carboxylic acid groups (broad SMARTS) is 1. The monoisotopic (exact) mass is 372 g/mol. The van der Waals surface area contributed by atoms with Crippen LogP contribution in [0, 0.1) is 11.6 Å². The smallest absolute Gasteiger partial charge is 0.411 e. The van der Waals surface area contributed by atoms with E-state index in [2.05, 4.69) is 5.32 Å². The van der Waals surface area contributed by atoms with E-state index in [-0.39, 0.29) is 11.6 Å². The Morgan fingerprint density at radius 2 is 2.00 bits per heavy atom. The second-order valence-electron chi connectivity index (χ2n) is 6.30. The van der Waals surface area contributed by atoms with Gasteiger partial charge in [-0.2, -0.15) is 0 Å². The van der Waals surface area contributed by atoms with E-state index in [0.29, 0.717) is 18.7 Å². The second-order valence-corrected chi connectivity index (χ2v) is 6.30. The summed E-state index contributed by atoms with van der Waals surface area (Å²) in [5.74, 6) is -1.84. The predicted molar refractivity (Wildman–Crippen MR) is 97.5 cm³/mol. The summed E-state index contributed by atoms with van der Waals surface area (Å²) in [6.45, 7) is 2.22. The summed E-state index contributed by atoms with van der Waals surface area (Å²) >= 11 is 0. The first-order valence-corrected chi connectivity index (χ1v) is 8.42. The highest BCUT2D eigenvalue weighted by molar-refractivity contribution is 5.92. The maximum Gasteiger partial charge on any atom is 0.411 e. The molecule has 0 aliphatic carbocycles. The van der Waals surface area contributed by atoms with Crippen LogP contribution in [0.5, 0.6) is 0 Å². The fourth-order valence-electron chi connectivity index (χ4n) is 3.04. The molecule has 140 valence electrons. The number of carbonyl (C=O) groups is 2. The molecular weight excluding hydrogens is 354 g/mol. The maximum atomic E-state index is 13.6. The quantitative estimate of drug-likeness (QED) is 0.800. The molecule has 27 heavy (non-hydrogen) atoms. The third kappa shape index (κ3) is 4.13. The number of fused-ring (bicyclic) bond motifs is 1. The Morgan fingerprint density at radius 1 is 1.22 bits per heavy atom. The Hall–Kier alpha value is -3.22. The molecular formula is C20H18F2N2O3. The molecule has 1 aliphatic rings. The van der Waals surface area contributed by atoms with Gasteiger partial charge in [0.2, 0.25) is 5.91 Å². The third-order valence-electron chi connectivity index (χ3n) is 4.47. The van der Waals surface area contributed by atoms with Gasteiger partial charge < -0.3 is 10.4 Å². The van der Waals surface area contributed by atoms with Crippen molar-refractivity contribution in [2.75, 3.05) is 11.4 Å². The lowest BCUT2D eigenvalue weighted by atomic mass is 10.0. The number of amides is 2. The molecule has 0 fully saturated rings. The highest BCUT2D eigenvalue weighted by atomic mass is 19.1. The van der Waals surface area contributed by atoms with Crippen molar-refractivity contribution in [3.05, 3.63) is 70.8 Å². The van der Waals surface area contributed by atoms with Crippen LogP contribution in [0.3, 0.4) is 0 Å². The van der Waals surface area contributed by atoms with Crippen molar-refractivity contribution < 1.29 is 23.5 Å². The molecule has 2 N–H and O–H groups in total. The number of anilines is 1. The van der Waals surface area contributed by atoms with Crippen molar-refractivity contribution in [2.45, 2.75) is 19.4 Å². The summed E-state index contributed by atoms with van der Waals surface area (Å²) in [5.41, 5.74) is 2.54. The normalized spacial score (nSPS) is 14.3. The molecule has 0 bridgehead atoms. The van der Waals surface area contributed by atoms with Gasteiger partial charge in [-0.05, 0) is 48.7 Å². The van der Waals surface area contributed by atoms with Crippen molar-refractivity contribution in [1.29, 1.82) is 0 Å². The lowest BCUT2D eigenvalue weighted by Crippen LogP contribution is -2.26. The zero-order chi connectivity index (χ0) is 19.6. The number of hydrogen-bond acceptors (Lipinski definition) is 2. The molecule has 3 rings (SSSR count). The van der Waals surface area contributed by atoms with Crippen molar-refractivity contribution in [2.24, 2.45) is 0 Å². The topological polar surface area (TPSA) is 69.6 Å². The maximum absolute atomic E-state index is 13.6. The van der Waals surface area contributed by atoms with E-state index >= 15 is 0 Å². The van der Waals surface area contributed by atoms with Gasteiger partial charge in [-0.15, -0.1) is 0 Å². The van der Waals surface area contributed by atoms with Gasteiger partial charge in [-0.1, -0.05) is 12.1 Å². The summed E-state index contributed by atoms with van der Waals surface area (Å²) in [6, 6.07) is 8.20. The standard InChI is InChI=1S/C20H18F2N2O3/c1-12(14-3-6-18-15(10-14)8-9-24(18)20(26)27)23-19(25)7-4-13-2-5-16(21)11-17(13)22/h2-7,10-12H,8-9H2,1H3,(H,23,25)(H,26,27). The SMILES string of the molecule is CC(NC(=O)C=Cc1ccc(F)cc1F)c1ccc2c(c1)CCN2C(=O)O. The van der Waals surface area contributed by atoms with E-state index in [1.807, 2.05) is 6.07 Å². The number of rotatable bonds is 4. The molecule has 0 spiro atoms. The Bertz CT molecular complexity index is 927. The van der Waals surface area contributed by atoms with Crippen LogP contribution in [0.25, 0.3) is 6.08 Å². The van der Waals surface area contributed by atoms with Gasteiger partial charge in [0, 0.05) is 24.3 Å². The number of nitrogens with zero attached hydrogens (tertiary/aromatic N) is 1. The number of carbonyl (C=O) groups excluding carboxylic acids is 1. The van der Waals surface area contributed by atoms with Gasteiger partial charge >= 0.3 is 6.09 Å². The molecule has 2 aromatic rings. The number of halogens is 2. The van der Waals surface area contributed by atoms with E-state index in [9.17, 15) is 18.4 Å². The molecule has 2 amide bonds. The Kier molecular flexibility index (Phi) is 5.21. The van der Waals surface area contributed by atoms with Gasteiger partial charge in [0.05, 0.1) is 11.7 Å². The van der Waals surface area contributed by atoms with Gasteiger partial charge in [-0.3, -0.25) is 9.69 Å². The summed E-state index contributed by atoms with van der Waals surface area (Å²) in [4.78, 5) is 24.5. The average molecular weight is 372 g/mol. The lowest BCUT2D eigenvalue weighted by Gasteiger charge is -2.16. The Labute approximate surface area is 154 Å². The Morgan fingerprint density at radius 3 is 2.70 bits per heavy atom. The zero-order valence-corrected chi connectivity index (χ0v) is 14.6. The number of hydrogen-bond donors (Lipinski definition) is 2. The molecule has 0 saturated heterocycles. The molecule has 1 unspecified atom stereocenters. The molecule has 1 heterocycles. The van der Waals surface area contributed by atoms with Crippen LogP contribution in [-0.2, 0) is 11.2 Å². The Balaban J connectivity index is 1.67. The van der Waals surface area contributed by atoms with Gasteiger partial charge in [0.25, 0.3) is 0 Å². The van der Waals surface area contributed by atoms with E-state index in [1.54, 1.807) is 19.1 Å². The van der Waals surface area contributed by atoms with Crippen molar-refractivity contribution in [3.63, 3.8) is 0 Å². The molecule has 1 atom stereocenters. The van der Waals surface area contributed by atoms with E-state index < -0.39 is 23.6 Å². The molecule has 2 aromatic carbocycles. The van der Waals surface area contributed by atoms with Crippen LogP contribution in [0.15, 0.2) is 42.5 Å². The summed E-state index contributed by atoms with van der Waals surface area (Å²) in [6.07, 6.45) is 2.11. The minimum absolute atomic E-state index is 0.116. The van der Waals surface area contributed by atoms with Gasteiger partial charge in [0.1, 0.15) is 11.6 Å². The molecule has 5 nitrogen and oxygen atoms in total. The highest BCUT2D eigenvalue weighted by Crippen LogP contribution is 2.30. The van der Waals surface area contributed by atoms with Crippen LogP contribution in [-0.4, -0.2) is 23.7 Å². The van der Waals surface area contributed by atoms with Crippen molar-refractivity contribution >= 4 is 23.8 Å². The van der Waals surface area contributed by atoms with E-state index in [4.69, 9.17) is 5.11 Å². The fraction of sp³-hybridized carbons (Fsp3) is 0.200. The molecule has 0 radical (unpaired) electrons. The first-order chi connectivity index (χ1) is 12.8. The molecule has 7 heteroatoms. The summed E-state index contributed by atoms with van der Waals surface area (Å²) in [7, 11) is 0. The average Bonchev–Trinajstić information content (AvgIpc) is 3.04. The van der Waals surface area contributed by atoms with Gasteiger partial charge in [0.15, 0.2) is 0 Å². The first-order valence-electron chi connectivity index (χ1n) is 8.42. The van der Waals surface area contributed by atoms with Crippen LogP contribution in [0.2, 0.25) is 0 Å². The third-order valence-corrected chi connectivity index (χ3v) is 4.47. The first kappa shape index (κ1) is 18.6. The van der Waals surface area contributed by atoms with Crippen LogP contribution >= 0.6 is 0 Å². The minimum Gasteiger partial charge on any atom is -0.465 e. The molecule has 1 aliphatic heterocycles. The van der Waals surface area contributed by atoms with Gasteiger partial charge in [-0.25, -0.2) is 13.6 Å². The van der Waals surface area contributed by atoms with E-state index in [0.717, 1.165) is 23.3 Å². The molecule has 0 saturated carbocycles. The minimum atomic E-state index is -0.985. The van der Waals surface area contributed by atoms with Crippen LogP contribution in [0.4, 0.5) is 19.3 Å². The number of benzene rings is 2. The zero-order valence-electron chi connectivity index (χ0n) is 14.6. The summed E-state index contributed by atoms with van der Waals surface area (Å²) in [5, 5.41) is 11.9. The number of nitrogens with one attached hydrogen (secondary N) is 1. The van der Waals surface area contributed by atoms with Crippen molar-refractivity contribution in [3.8, 4) is 0 Å². The molecule has 0 aromatic heterocycles. The van der Waals surface area contributed by atoms with Crippen LogP contribution < -0.4 is 10.2 Å². The predicted octanol–water partition coefficient (Wildman–Crippen LogP) is 3.90. The second kappa shape index (κ2) is 7.57. The van der Waals surface area contributed by atoms with Crippen molar-refractivity contribution in [1.82, 2.24) is 5.32 Å². The highest BCUT2D eigenvalue weighted by Gasteiger charge is 2.24. The summed E-state index contributed by atoms with van der Waals surface area (Å²) < 4.78 is 26.5. The fourth-order valence-corrected chi connectivity index (χ4v) is 3.04. The van der Waals surface area contributed by atoms with Crippen LogP contribution in [0.1, 0.15) is 29.7 Å².